The van der Waals surface area contributed by atoms with E-state index in [1.807, 2.05) is 0 Å². The number of anilines is 1. The number of carboxylic acid groups (broad SMARTS) is 1. The van der Waals surface area contributed by atoms with Crippen molar-refractivity contribution in [3.63, 3.8) is 0 Å². The van der Waals surface area contributed by atoms with Crippen LogP contribution in [0.2, 0.25) is 0 Å². The molecule has 6 nitrogen and oxygen atoms in total. The lowest BCUT2D eigenvalue weighted by Crippen LogP contribution is -2.34. The van der Waals surface area contributed by atoms with Crippen LogP contribution in [0.5, 0.6) is 0 Å². The molecule has 4 N–H and O–H groups in total. The maximum absolute atomic E-state index is 11.2. The molecule has 15 heavy (non-hydrogen) atoms. The van der Waals surface area contributed by atoms with Crippen LogP contribution in [0, 0.1) is 0 Å². The Morgan fingerprint density at radius 1 is 1.60 bits per heavy atom. The molecule has 1 heterocycles. The number of aromatic nitrogens is 1. The highest BCUT2D eigenvalue weighted by molar-refractivity contribution is 5.93. The van der Waals surface area contributed by atoms with Crippen LogP contribution >= 0.6 is 0 Å². The van der Waals surface area contributed by atoms with Crippen LogP contribution < -0.4 is 11.1 Å². The Kier molecular flexibility index (Phi) is 3.75. The van der Waals surface area contributed by atoms with Crippen LogP contribution in [0.15, 0.2) is 24.5 Å². The largest absolute Gasteiger partial charge is 0.480 e. The van der Waals surface area contributed by atoms with Crippen molar-refractivity contribution in [2.24, 2.45) is 5.73 Å². The lowest BCUT2D eigenvalue weighted by Gasteiger charge is -2.06. The van der Waals surface area contributed by atoms with Gasteiger partial charge in [-0.05, 0) is 12.1 Å². The van der Waals surface area contributed by atoms with Crippen LogP contribution in [0.1, 0.15) is 6.42 Å². The summed E-state index contributed by atoms with van der Waals surface area (Å²) in [7, 11) is 0. The maximum atomic E-state index is 11.2. The molecule has 1 unspecified atom stereocenters. The van der Waals surface area contributed by atoms with E-state index in [0.29, 0.717) is 5.69 Å². The molecule has 0 aliphatic carbocycles. The molecule has 6 heteroatoms. The van der Waals surface area contributed by atoms with Crippen molar-refractivity contribution >= 4 is 17.6 Å². The third-order valence-electron chi connectivity index (χ3n) is 1.67. The number of carboxylic acids is 1. The second-order valence-electron chi connectivity index (χ2n) is 2.94. The van der Waals surface area contributed by atoms with Gasteiger partial charge in [-0.1, -0.05) is 0 Å². The first-order valence-electron chi connectivity index (χ1n) is 4.28. The van der Waals surface area contributed by atoms with Crippen molar-refractivity contribution in [3.8, 4) is 0 Å². The van der Waals surface area contributed by atoms with Gasteiger partial charge in [0.05, 0.1) is 18.3 Å². The summed E-state index contributed by atoms with van der Waals surface area (Å²) in [6, 6.07) is 2.13. The Labute approximate surface area is 86.1 Å². The van der Waals surface area contributed by atoms with Crippen LogP contribution in [0.4, 0.5) is 5.69 Å². The molecule has 80 valence electrons. The lowest BCUT2D eigenvalue weighted by atomic mass is 10.2. The molecule has 0 fully saturated rings. The fourth-order valence-electron chi connectivity index (χ4n) is 0.936. The van der Waals surface area contributed by atoms with E-state index in [4.69, 9.17) is 10.8 Å². The highest BCUT2D eigenvalue weighted by atomic mass is 16.4. The van der Waals surface area contributed by atoms with Crippen LogP contribution in [-0.4, -0.2) is 28.0 Å². The first-order valence-corrected chi connectivity index (χ1v) is 4.28. The molecule has 0 spiro atoms. The Balaban J connectivity index is 2.47. The Morgan fingerprint density at radius 2 is 2.33 bits per heavy atom. The summed E-state index contributed by atoms with van der Waals surface area (Å²) in [5.41, 5.74) is 5.71. The smallest absolute Gasteiger partial charge is 0.321 e. The Hall–Kier alpha value is -1.95. The normalized spacial score (nSPS) is 11.8. The summed E-state index contributed by atoms with van der Waals surface area (Å²) in [6.45, 7) is 0. The third-order valence-corrected chi connectivity index (χ3v) is 1.67. The van der Waals surface area contributed by atoms with Gasteiger partial charge in [-0.25, -0.2) is 0 Å². The van der Waals surface area contributed by atoms with Crippen LogP contribution in [0.25, 0.3) is 0 Å². The molecule has 1 atom stereocenters. The van der Waals surface area contributed by atoms with E-state index >= 15 is 0 Å². The van der Waals surface area contributed by atoms with Crippen LogP contribution in [0.3, 0.4) is 0 Å². The molecule has 1 rings (SSSR count). The van der Waals surface area contributed by atoms with E-state index < -0.39 is 17.9 Å². The van der Waals surface area contributed by atoms with Gasteiger partial charge in [0, 0.05) is 6.20 Å². The first kappa shape index (κ1) is 11.1. The number of rotatable bonds is 4. The van der Waals surface area contributed by atoms with E-state index in [1.54, 1.807) is 18.3 Å². The van der Waals surface area contributed by atoms with Crippen molar-refractivity contribution in [1.29, 1.82) is 0 Å². The van der Waals surface area contributed by atoms with Gasteiger partial charge >= 0.3 is 5.97 Å². The average Bonchev–Trinajstić information content (AvgIpc) is 2.18. The number of nitrogens with one attached hydrogen (secondary N) is 1. The van der Waals surface area contributed by atoms with Gasteiger partial charge in [0.15, 0.2) is 0 Å². The minimum absolute atomic E-state index is 0.260. The van der Waals surface area contributed by atoms with E-state index in [0.717, 1.165) is 0 Å². The number of amides is 1. The Morgan fingerprint density at radius 3 is 2.87 bits per heavy atom. The van der Waals surface area contributed by atoms with Gasteiger partial charge in [0.1, 0.15) is 6.04 Å². The number of nitrogens with zero attached hydrogens (tertiary/aromatic N) is 1. The van der Waals surface area contributed by atoms with Gasteiger partial charge in [-0.15, -0.1) is 0 Å². The molecule has 0 saturated heterocycles. The van der Waals surface area contributed by atoms with E-state index in [2.05, 4.69) is 10.3 Å². The molecule has 0 aliphatic heterocycles. The van der Waals surface area contributed by atoms with E-state index in [1.165, 1.54) is 6.20 Å². The third kappa shape index (κ3) is 3.74. The Bertz CT molecular complexity index is 353. The first-order chi connectivity index (χ1) is 7.09. The predicted molar refractivity (Wildman–Crippen MR) is 53.1 cm³/mol. The standard InChI is InChI=1S/C9H11N3O3/c10-7(9(14)15)4-8(13)12-6-2-1-3-11-5-6/h1-3,5,7H,4,10H2,(H,12,13)(H,14,15). The highest BCUT2D eigenvalue weighted by Crippen LogP contribution is 2.03. The molecule has 0 saturated carbocycles. The summed E-state index contributed by atoms with van der Waals surface area (Å²) < 4.78 is 0. The van der Waals surface area contributed by atoms with Gasteiger partial charge in [-0.3, -0.25) is 14.6 Å². The topological polar surface area (TPSA) is 105 Å². The molecule has 1 amide bonds. The zero-order valence-electron chi connectivity index (χ0n) is 7.88. The quantitative estimate of drug-likeness (QED) is 0.638. The monoisotopic (exact) mass is 209 g/mol. The number of nitrogens with two attached hydrogens (primary N) is 1. The molecule has 1 aromatic rings. The second-order valence-corrected chi connectivity index (χ2v) is 2.94. The summed E-state index contributed by atoms with van der Waals surface area (Å²) >= 11 is 0. The molecule has 0 radical (unpaired) electrons. The number of hydrogen-bond acceptors (Lipinski definition) is 4. The predicted octanol–water partition coefficient (Wildman–Crippen LogP) is -0.178. The zero-order chi connectivity index (χ0) is 11.3. The fourth-order valence-corrected chi connectivity index (χ4v) is 0.936. The molecular formula is C9H11N3O3. The number of pyridine rings is 1. The molecule has 0 bridgehead atoms. The van der Waals surface area contributed by atoms with E-state index in [9.17, 15) is 9.59 Å². The van der Waals surface area contributed by atoms with Crippen molar-refractivity contribution in [2.75, 3.05) is 5.32 Å². The molecule has 0 aliphatic rings. The maximum Gasteiger partial charge on any atom is 0.321 e. The summed E-state index contributed by atoms with van der Waals surface area (Å²) in [5.74, 6) is -1.64. The van der Waals surface area contributed by atoms with Crippen molar-refractivity contribution in [1.82, 2.24) is 4.98 Å². The van der Waals surface area contributed by atoms with Crippen molar-refractivity contribution in [2.45, 2.75) is 12.5 Å². The summed E-state index contributed by atoms with van der Waals surface area (Å²) in [4.78, 5) is 25.4. The average molecular weight is 209 g/mol. The molecule has 0 aromatic carbocycles. The highest BCUT2D eigenvalue weighted by Gasteiger charge is 2.15. The van der Waals surface area contributed by atoms with Crippen molar-refractivity contribution in [3.05, 3.63) is 24.5 Å². The van der Waals surface area contributed by atoms with Gasteiger partial charge in [0.25, 0.3) is 0 Å². The number of hydrogen-bond donors (Lipinski definition) is 3. The molecule has 1 aromatic heterocycles. The SMILES string of the molecule is NC(CC(=O)Nc1cccnc1)C(=O)O. The van der Waals surface area contributed by atoms with Gasteiger partial charge < -0.3 is 16.2 Å². The minimum Gasteiger partial charge on any atom is -0.480 e. The van der Waals surface area contributed by atoms with Crippen LogP contribution in [-0.2, 0) is 9.59 Å². The second kappa shape index (κ2) is 5.06. The van der Waals surface area contributed by atoms with E-state index in [-0.39, 0.29) is 6.42 Å². The number of aliphatic carboxylic acids is 1. The van der Waals surface area contributed by atoms with Gasteiger partial charge in [-0.2, -0.15) is 0 Å². The number of carbonyl (C=O) groups excluding carboxylic acids is 1. The minimum atomic E-state index is -1.20. The number of carbonyl (C=O) groups is 2. The lowest BCUT2D eigenvalue weighted by molar-refractivity contribution is -0.140. The summed E-state index contributed by atoms with van der Waals surface area (Å²) in [6.07, 6.45) is 2.77. The summed E-state index contributed by atoms with van der Waals surface area (Å²) in [5, 5.41) is 11.0. The van der Waals surface area contributed by atoms with Gasteiger partial charge in [0.2, 0.25) is 5.91 Å². The zero-order valence-corrected chi connectivity index (χ0v) is 7.88. The fraction of sp³-hybridized carbons (Fsp3) is 0.222. The molecular weight excluding hydrogens is 198 g/mol. The van der Waals surface area contributed by atoms with Crippen molar-refractivity contribution < 1.29 is 14.7 Å².